The molecule has 24 heavy (non-hydrogen) atoms. The number of primary amides is 1. The van der Waals surface area contributed by atoms with E-state index in [9.17, 15) is 14.4 Å². The number of nitrogens with two attached hydrogens (primary N) is 1. The lowest BCUT2D eigenvalue weighted by Crippen LogP contribution is -2.23. The van der Waals surface area contributed by atoms with Gasteiger partial charge in [-0.25, -0.2) is 4.98 Å². The zero-order chi connectivity index (χ0) is 17.1. The number of rotatable bonds is 5. The van der Waals surface area contributed by atoms with Gasteiger partial charge in [0.1, 0.15) is 5.56 Å². The SMILES string of the molecule is NC(=O)Cc1csc(NC(=O)c2ccc(-c3cccs3)[nH]c2=O)n1. The molecule has 122 valence electrons. The predicted octanol–water partition coefficient (Wildman–Crippen LogP) is 1.84. The highest BCUT2D eigenvalue weighted by molar-refractivity contribution is 7.14. The second-order valence-electron chi connectivity index (χ2n) is 4.83. The van der Waals surface area contributed by atoms with E-state index in [1.54, 1.807) is 11.4 Å². The van der Waals surface area contributed by atoms with Crippen molar-refractivity contribution < 1.29 is 9.59 Å². The molecule has 0 aromatic carbocycles. The smallest absolute Gasteiger partial charge is 0.263 e. The second kappa shape index (κ2) is 6.77. The summed E-state index contributed by atoms with van der Waals surface area (Å²) in [5, 5.41) is 6.38. The van der Waals surface area contributed by atoms with Gasteiger partial charge >= 0.3 is 0 Å². The van der Waals surface area contributed by atoms with E-state index in [0.29, 0.717) is 16.5 Å². The van der Waals surface area contributed by atoms with Crippen LogP contribution in [0.4, 0.5) is 5.13 Å². The highest BCUT2D eigenvalue weighted by atomic mass is 32.1. The van der Waals surface area contributed by atoms with E-state index in [1.807, 2.05) is 17.5 Å². The quantitative estimate of drug-likeness (QED) is 0.643. The van der Waals surface area contributed by atoms with Crippen molar-refractivity contribution in [3.63, 3.8) is 0 Å². The minimum atomic E-state index is -0.561. The van der Waals surface area contributed by atoms with Crippen molar-refractivity contribution in [3.05, 3.63) is 56.6 Å². The van der Waals surface area contributed by atoms with Crippen molar-refractivity contribution in [2.45, 2.75) is 6.42 Å². The van der Waals surface area contributed by atoms with Crippen LogP contribution in [-0.4, -0.2) is 21.8 Å². The van der Waals surface area contributed by atoms with Crippen molar-refractivity contribution in [1.82, 2.24) is 9.97 Å². The first-order valence-electron chi connectivity index (χ1n) is 6.84. The number of thiazole rings is 1. The summed E-state index contributed by atoms with van der Waals surface area (Å²) in [5.74, 6) is -1.06. The van der Waals surface area contributed by atoms with Crippen LogP contribution in [0.1, 0.15) is 16.1 Å². The molecule has 0 spiro atoms. The number of hydrogen-bond acceptors (Lipinski definition) is 6. The summed E-state index contributed by atoms with van der Waals surface area (Å²) in [6.07, 6.45) is 0.00244. The molecule has 3 aromatic heterocycles. The number of H-pyrrole nitrogens is 1. The number of anilines is 1. The molecule has 3 aromatic rings. The lowest BCUT2D eigenvalue weighted by Gasteiger charge is -2.03. The van der Waals surface area contributed by atoms with Gasteiger partial charge in [-0.05, 0) is 23.6 Å². The van der Waals surface area contributed by atoms with Crippen molar-refractivity contribution in [1.29, 1.82) is 0 Å². The molecule has 0 unspecified atom stereocenters. The molecule has 0 atom stereocenters. The first-order chi connectivity index (χ1) is 11.5. The van der Waals surface area contributed by atoms with Crippen LogP contribution < -0.4 is 16.6 Å². The molecule has 3 heterocycles. The van der Waals surface area contributed by atoms with Crippen molar-refractivity contribution in [2.75, 3.05) is 5.32 Å². The summed E-state index contributed by atoms with van der Waals surface area (Å²) < 4.78 is 0. The molecule has 0 saturated heterocycles. The topological polar surface area (TPSA) is 118 Å². The Kier molecular flexibility index (Phi) is 4.54. The molecular formula is C15H12N4O3S2. The van der Waals surface area contributed by atoms with E-state index in [-0.39, 0.29) is 12.0 Å². The van der Waals surface area contributed by atoms with Gasteiger partial charge in [0.05, 0.1) is 22.7 Å². The summed E-state index contributed by atoms with van der Waals surface area (Å²) in [5.41, 5.74) is 5.74. The van der Waals surface area contributed by atoms with Gasteiger partial charge in [-0.15, -0.1) is 22.7 Å². The number of thiophene rings is 1. The standard InChI is InChI=1S/C15H12N4O3S2/c16-12(20)6-8-7-24-15(17-8)19-14(22)9-3-4-10(18-13(9)21)11-2-1-5-23-11/h1-5,7H,6H2,(H2,16,20)(H,18,21)(H,17,19,22). The number of carbonyl (C=O) groups excluding carboxylic acids is 2. The van der Waals surface area contributed by atoms with E-state index in [0.717, 1.165) is 16.2 Å². The number of pyridine rings is 1. The van der Waals surface area contributed by atoms with Gasteiger partial charge in [-0.3, -0.25) is 19.7 Å². The van der Waals surface area contributed by atoms with E-state index >= 15 is 0 Å². The minimum Gasteiger partial charge on any atom is -0.369 e. The molecular weight excluding hydrogens is 348 g/mol. The third-order valence-electron chi connectivity index (χ3n) is 3.07. The number of aromatic amines is 1. The van der Waals surface area contributed by atoms with Crippen LogP contribution in [0.2, 0.25) is 0 Å². The van der Waals surface area contributed by atoms with E-state index in [2.05, 4.69) is 15.3 Å². The molecule has 7 nitrogen and oxygen atoms in total. The Balaban J connectivity index is 1.76. The molecule has 0 aliphatic heterocycles. The van der Waals surface area contributed by atoms with Gasteiger partial charge in [-0.1, -0.05) is 6.07 Å². The van der Waals surface area contributed by atoms with E-state index < -0.39 is 17.4 Å². The first kappa shape index (κ1) is 16.1. The van der Waals surface area contributed by atoms with Crippen molar-refractivity contribution in [3.8, 4) is 10.6 Å². The third-order valence-corrected chi connectivity index (χ3v) is 4.78. The highest BCUT2D eigenvalue weighted by Gasteiger charge is 2.14. The Labute approximate surface area is 144 Å². The third kappa shape index (κ3) is 3.58. The number of nitrogens with zero attached hydrogens (tertiary/aromatic N) is 1. The summed E-state index contributed by atoms with van der Waals surface area (Å²) in [6.45, 7) is 0. The van der Waals surface area contributed by atoms with Gasteiger partial charge < -0.3 is 10.7 Å². The number of aromatic nitrogens is 2. The normalized spacial score (nSPS) is 10.5. The van der Waals surface area contributed by atoms with Crippen LogP contribution in [0.25, 0.3) is 10.6 Å². The minimum absolute atomic E-state index is 0.00244. The fourth-order valence-corrected chi connectivity index (χ4v) is 3.43. The molecule has 9 heteroatoms. The molecule has 0 radical (unpaired) electrons. The van der Waals surface area contributed by atoms with Crippen LogP contribution in [-0.2, 0) is 11.2 Å². The van der Waals surface area contributed by atoms with Gasteiger partial charge in [-0.2, -0.15) is 0 Å². The Morgan fingerprint density at radius 1 is 1.25 bits per heavy atom. The maximum absolute atomic E-state index is 12.2. The Bertz CT molecular complexity index is 944. The van der Waals surface area contributed by atoms with Gasteiger partial charge in [0.15, 0.2) is 5.13 Å². The van der Waals surface area contributed by atoms with Crippen molar-refractivity contribution >= 4 is 39.6 Å². The molecule has 0 aliphatic carbocycles. The summed E-state index contributed by atoms with van der Waals surface area (Å²) in [4.78, 5) is 42.9. The highest BCUT2D eigenvalue weighted by Crippen LogP contribution is 2.21. The lowest BCUT2D eigenvalue weighted by atomic mass is 10.2. The number of nitrogens with one attached hydrogen (secondary N) is 2. The summed E-state index contributed by atoms with van der Waals surface area (Å²) in [7, 11) is 0. The van der Waals surface area contributed by atoms with Gasteiger partial charge in [0.2, 0.25) is 5.91 Å². The fourth-order valence-electron chi connectivity index (χ4n) is 2.02. The summed E-state index contributed by atoms with van der Waals surface area (Å²) >= 11 is 2.65. The fraction of sp³-hybridized carbons (Fsp3) is 0.0667. The monoisotopic (exact) mass is 360 g/mol. The zero-order valence-electron chi connectivity index (χ0n) is 12.2. The number of amides is 2. The summed E-state index contributed by atoms with van der Waals surface area (Å²) in [6, 6.07) is 6.92. The molecule has 0 fully saturated rings. The molecule has 2 amide bonds. The Hall–Kier alpha value is -2.78. The van der Waals surface area contributed by atoms with Crippen LogP contribution >= 0.6 is 22.7 Å². The maximum Gasteiger partial charge on any atom is 0.263 e. The van der Waals surface area contributed by atoms with E-state index in [4.69, 9.17) is 5.73 Å². The first-order valence-corrected chi connectivity index (χ1v) is 8.60. The Morgan fingerprint density at radius 2 is 2.08 bits per heavy atom. The van der Waals surface area contributed by atoms with Gasteiger partial charge in [0, 0.05) is 5.38 Å². The molecule has 3 rings (SSSR count). The second-order valence-corrected chi connectivity index (χ2v) is 6.64. The van der Waals surface area contributed by atoms with Crippen LogP contribution in [0.15, 0.2) is 39.8 Å². The van der Waals surface area contributed by atoms with Crippen molar-refractivity contribution in [2.24, 2.45) is 5.73 Å². The molecule has 0 saturated carbocycles. The lowest BCUT2D eigenvalue weighted by molar-refractivity contribution is -0.117. The molecule has 0 aliphatic rings. The van der Waals surface area contributed by atoms with E-state index in [1.165, 1.54) is 17.4 Å². The van der Waals surface area contributed by atoms with Gasteiger partial charge in [0.25, 0.3) is 11.5 Å². The number of carbonyl (C=O) groups is 2. The number of hydrogen-bond donors (Lipinski definition) is 3. The van der Waals surface area contributed by atoms with Crippen LogP contribution in [0.3, 0.4) is 0 Å². The predicted molar refractivity (Wildman–Crippen MR) is 93.3 cm³/mol. The average molecular weight is 360 g/mol. The largest absolute Gasteiger partial charge is 0.369 e. The zero-order valence-corrected chi connectivity index (χ0v) is 13.9. The van der Waals surface area contributed by atoms with Crippen LogP contribution in [0, 0.1) is 0 Å². The maximum atomic E-state index is 12.2. The van der Waals surface area contributed by atoms with Crippen LogP contribution in [0.5, 0.6) is 0 Å². The molecule has 4 N–H and O–H groups in total. The average Bonchev–Trinajstić information content (AvgIpc) is 3.18. The Morgan fingerprint density at radius 3 is 2.75 bits per heavy atom. The molecule has 0 bridgehead atoms.